The van der Waals surface area contributed by atoms with Gasteiger partial charge in [-0.05, 0) is 51.0 Å². The van der Waals surface area contributed by atoms with Crippen molar-refractivity contribution in [2.45, 2.75) is 213 Å². The normalized spacial score (nSPS) is 12.5. The molecule has 2 nitrogen and oxygen atoms in total. The van der Waals surface area contributed by atoms with Crippen LogP contribution >= 0.6 is 0 Å². The lowest BCUT2D eigenvalue weighted by atomic mass is 9.97. The van der Waals surface area contributed by atoms with E-state index < -0.39 is 5.92 Å². The van der Waals surface area contributed by atoms with Gasteiger partial charge in [-0.25, -0.2) is 0 Å². The van der Waals surface area contributed by atoms with E-state index in [4.69, 9.17) is 0 Å². The molecule has 245 valence electrons. The van der Waals surface area contributed by atoms with Gasteiger partial charge in [0.1, 0.15) is 0 Å². The Morgan fingerprint density at radius 2 is 0.762 bits per heavy atom. The fraction of sp³-hybridized carbons (Fsp3) is 0.850. The number of ketones is 1. The van der Waals surface area contributed by atoms with Crippen LogP contribution in [0.5, 0.6) is 0 Å². The monoisotopic (exact) mass is 586 g/mol. The third-order valence-corrected chi connectivity index (χ3v) is 8.75. The number of allylic oxidation sites excluding steroid dienone is 4. The second-order valence-electron chi connectivity index (χ2n) is 12.9. The van der Waals surface area contributed by atoms with Gasteiger partial charge in [-0.2, -0.15) is 0 Å². The highest BCUT2D eigenvalue weighted by molar-refractivity contribution is 6.00. The summed E-state index contributed by atoms with van der Waals surface area (Å²) >= 11 is 0. The predicted octanol–water partition coefficient (Wildman–Crippen LogP) is 13.5. The van der Waals surface area contributed by atoms with E-state index in [2.05, 4.69) is 26.0 Å². The van der Waals surface area contributed by atoms with Crippen LogP contribution in [-0.2, 0) is 9.59 Å². The van der Waals surface area contributed by atoms with Crippen molar-refractivity contribution in [3.05, 3.63) is 24.3 Å². The molecule has 0 N–H and O–H groups in total. The first kappa shape index (κ1) is 40.8. The Hall–Kier alpha value is -1.18. The van der Waals surface area contributed by atoms with Crippen molar-refractivity contribution in [1.29, 1.82) is 0 Å². The van der Waals surface area contributed by atoms with Crippen LogP contribution in [0.3, 0.4) is 0 Å². The summed E-state index contributed by atoms with van der Waals surface area (Å²) in [5, 5.41) is 0. The van der Waals surface area contributed by atoms with Gasteiger partial charge in [0.2, 0.25) is 6.29 Å². The van der Waals surface area contributed by atoms with Crippen LogP contribution in [-0.4, -0.2) is 12.1 Å². The van der Waals surface area contributed by atoms with Crippen LogP contribution < -0.4 is 0 Å². The Morgan fingerprint density at radius 1 is 0.452 bits per heavy atom. The third-order valence-electron chi connectivity index (χ3n) is 8.75. The number of unbranched alkanes of at least 4 members (excludes halogenated alkanes) is 27. The fourth-order valence-electron chi connectivity index (χ4n) is 5.80. The first-order chi connectivity index (χ1) is 20.8. The Balaban J connectivity index is 3.51. The molecule has 42 heavy (non-hydrogen) atoms. The molecule has 1 unspecified atom stereocenters. The zero-order valence-corrected chi connectivity index (χ0v) is 28.6. The van der Waals surface area contributed by atoms with E-state index in [-0.39, 0.29) is 5.78 Å². The molecule has 0 heterocycles. The zero-order valence-electron chi connectivity index (χ0n) is 28.6. The largest absolute Gasteiger partial charge is 0.294 e. The average molecular weight is 586 g/mol. The van der Waals surface area contributed by atoms with Gasteiger partial charge in [-0.1, -0.05) is 186 Å². The quantitative estimate of drug-likeness (QED) is 0.0321. The summed E-state index contributed by atoms with van der Waals surface area (Å²) in [5.41, 5.74) is 0. The minimum Gasteiger partial charge on any atom is -0.294 e. The molecular formula is C40H73O2. The van der Waals surface area contributed by atoms with Crippen molar-refractivity contribution < 1.29 is 9.59 Å². The molecule has 0 aromatic heterocycles. The lowest BCUT2D eigenvalue weighted by Gasteiger charge is -2.05. The highest BCUT2D eigenvalue weighted by Crippen LogP contribution is 2.15. The summed E-state index contributed by atoms with van der Waals surface area (Å²) in [6, 6.07) is 0. The molecule has 0 amide bonds. The topological polar surface area (TPSA) is 34.1 Å². The summed E-state index contributed by atoms with van der Waals surface area (Å²) in [6.45, 7) is 4.56. The molecule has 0 aliphatic rings. The Bertz CT molecular complexity index is 605. The maximum absolute atomic E-state index is 12.4. The predicted molar refractivity (Wildman–Crippen MR) is 187 cm³/mol. The number of hydrogen-bond donors (Lipinski definition) is 0. The van der Waals surface area contributed by atoms with Gasteiger partial charge < -0.3 is 0 Å². The van der Waals surface area contributed by atoms with Crippen molar-refractivity contribution >= 4 is 12.1 Å². The first-order valence-electron chi connectivity index (χ1n) is 19.0. The molecule has 1 atom stereocenters. The molecule has 2 heteroatoms. The summed E-state index contributed by atoms with van der Waals surface area (Å²) in [7, 11) is 0. The van der Waals surface area contributed by atoms with Crippen LogP contribution in [0.4, 0.5) is 0 Å². The molecule has 0 rings (SSSR count). The SMILES string of the molecule is CCCCCCCCCC/C=C\CCCCCCC([C]=O)C(=O)C=CCCCCCCCCCCCCCCCCC. The molecule has 0 saturated heterocycles. The lowest BCUT2D eigenvalue weighted by molar-refractivity contribution is -0.116. The van der Waals surface area contributed by atoms with Crippen molar-refractivity contribution in [2.75, 3.05) is 0 Å². The van der Waals surface area contributed by atoms with E-state index in [1.807, 2.05) is 12.4 Å². The Kier molecular flexibility index (Phi) is 35.0. The fourth-order valence-corrected chi connectivity index (χ4v) is 5.80. The van der Waals surface area contributed by atoms with E-state index in [1.54, 1.807) is 6.08 Å². The van der Waals surface area contributed by atoms with Crippen molar-refractivity contribution in [1.82, 2.24) is 0 Å². The Labute approximate surface area is 264 Å². The van der Waals surface area contributed by atoms with Crippen molar-refractivity contribution in [3.8, 4) is 0 Å². The zero-order chi connectivity index (χ0) is 30.6. The second-order valence-corrected chi connectivity index (χ2v) is 12.9. The molecule has 0 saturated carbocycles. The van der Waals surface area contributed by atoms with Crippen LogP contribution in [0.1, 0.15) is 213 Å². The summed E-state index contributed by atoms with van der Waals surface area (Å²) in [4.78, 5) is 23.7. The third kappa shape index (κ3) is 31.7. The van der Waals surface area contributed by atoms with Crippen LogP contribution in [0.25, 0.3) is 0 Å². The maximum Gasteiger partial charge on any atom is 0.209 e. The number of rotatable bonds is 35. The van der Waals surface area contributed by atoms with Gasteiger partial charge in [0.25, 0.3) is 0 Å². The highest BCUT2D eigenvalue weighted by atomic mass is 16.1. The molecule has 1 radical (unpaired) electrons. The molecule has 0 aromatic carbocycles. The standard InChI is InChI=1S/C40H73O2/c1-3-5-7-9-11-13-15-17-19-21-23-25-27-29-31-33-35-37-40(42)39(38-41)36-34-32-30-28-26-24-22-20-18-16-14-12-10-8-6-4-2/h22,24,35,37,39H,3-21,23,25-34,36H2,1-2H3/b24-22-,37-35?. The summed E-state index contributed by atoms with van der Waals surface area (Å²) in [5.74, 6) is -0.608. The van der Waals surface area contributed by atoms with Crippen LogP contribution in [0.2, 0.25) is 0 Å². The average Bonchev–Trinajstić information content (AvgIpc) is 3.00. The number of carbonyl (C=O) groups excluding carboxylic acids is 2. The summed E-state index contributed by atoms with van der Waals surface area (Å²) < 4.78 is 0. The van der Waals surface area contributed by atoms with Crippen LogP contribution in [0.15, 0.2) is 24.3 Å². The van der Waals surface area contributed by atoms with E-state index in [9.17, 15) is 9.59 Å². The van der Waals surface area contributed by atoms with Crippen molar-refractivity contribution in [3.63, 3.8) is 0 Å². The van der Waals surface area contributed by atoms with E-state index in [1.165, 1.54) is 161 Å². The number of carbonyl (C=O) groups is 1. The molecule has 0 bridgehead atoms. The molecule has 0 spiro atoms. The van der Waals surface area contributed by atoms with Gasteiger partial charge in [0.15, 0.2) is 5.78 Å². The van der Waals surface area contributed by atoms with E-state index in [0.29, 0.717) is 6.42 Å². The molecule has 0 aromatic rings. The van der Waals surface area contributed by atoms with E-state index in [0.717, 1.165) is 32.1 Å². The molecule has 0 aliphatic carbocycles. The highest BCUT2D eigenvalue weighted by Gasteiger charge is 2.15. The van der Waals surface area contributed by atoms with Crippen molar-refractivity contribution in [2.24, 2.45) is 5.92 Å². The minimum absolute atomic E-state index is 0.0464. The summed E-state index contributed by atoms with van der Waals surface area (Å²) in [6.07, 6.45) is 50.3. The smallest absolute Gasteiger partial charge is 0.209 e. The molecule has 0 aliphatic heterocycles. The van der Waals surface area contributed by atoms with Gasteiger partial charge in [-0.3, -0.25) is 9.59 Å². The second kappa shape index (κ2) is 36.0. The number of hydrogen-bond acceptors (Lipinski definition) is 2. The molecular weight excluding hydrogens is 512 g/mol. The lowest BCUT2D eigenvalue weighted by Crippen LogP contribution is -2.13. The minimum atomic E-state index is -0.561. The first-order valence-corrected chi connectivity index (χ1v) is 19.0. The van der Waals surface area contributed by atoms with Crippen LogP contribution in [0, 0.1) is 5.92 Å². The van der Waals surface area contributed by atoms with Gasteiger partial charge in [0.05, 0.1) is 5.92 Å². The van der Waals surface area contributed by atoms with E-state index >= 15 is 0 Å². The van der Waals surface area contributed by atoms with Gasteiger partial charge >= 0.3 is 0 Å². The maximum atomic E-state index is 12.4. The molecule has 0 fully saturated rings. The van der Waals surface area contributed by atoms with Gasteiger partial charge in [-0.15, -0.1) is 0 Å². The Morgan fingerprint density at radius 3 is 1.12 bits per heavy atom. The van der Waals surface area contributed by atoms with Gasteiger partial charge in [0, 0.05) is 0 Å².